The summed E-state index contributed by atoms with van der Waals surface area (Å²) < 4.78 is 4.57. The van der Waals surface area contributed by atoms with E-state index in [0.717, 1.165) is 27.4 Å². The van der Waals surface area contributed by atoms with Crippen molar-refractivity contribution < 1.29 is 4.79 Å². The zero-order valence-corrected chi connectivity index (χ0v) is 12.3. The van der Waals surface area contributed by atoms with Crippen LogP contribution in [0, 0.1) is 6.92 Å². The van der Waals surface area contributed by atoms with Crippen molar-refractivity contribution in [1.82, 2.24) is 14.6 Å². The van der Waals surface area contributed by atoms with Crippen LogP contribution in [0.5, 0.6) is 0 Å². The Morgan fingerprint density at radius 3 is 3.00 bits per heavy atom. The Labute approximate surface area is 117 Å². The number of nitrogens with zero attached hydrogens (tertiary/aromatic N) is 3. The van der Waals surface area contributed by atoms with Crippen LogP contribution in [-0.4, -0.2) is 20.5 Å². The average molecular weight is 327 g/mol. The van der Waals surface area contributed by atoms with Crippen LogP contribution in [-0.2, 0) is 6.42 Å². The number of amides is 1. The topological polar surface area (TPSA) is 67.8 Å². The Morgan fingerprint density at radius 1 is 1.56 bits per heavy atom. The molecule has 0 saturated carbocycles. The van der Waals surface area contributed by atoms with Crippen LogP contribution in [0.15, 0.2) is 16.9 Å². The third kappa shape index (κ3) is 2.73. The molecule has 2 rings (SSSR count). The van der Waals surface area contributed by atoms with Crippen molar-refractivity contribution in [2.45, 2.75) is 20.3 Å². The summed E-state index contributed by atoms with van der Waals surface area (Å²) in [6.07, 6.45) is 2.30. The number of nitrogens with one attached hydrogen (secondary N) is 1. The molecule has 0 aliphatic carbocycles. The molecular weight excluding hydrogens is 316 g/mol. The van der Waals surface area contributed by atoms with Crippen LogP contribution < -0.4 is 5.32 Å². The van der Waals surface area contributed by atoms with Gasteiger partial charge in [0.2, 0.25) is 0 Å². The molecule has 2 aromatic heterocycles. The van der Waals surface area contributed by atoms with Gasteiger partial charge in [0.1, 0.15) is 9.48 Å². The van der Waals surface area contributed by atoms with E-state index in [0.29, 0.717) is 17.0 Å². The van der Waals surface area contributed by atoms with Crippen LogP contribution in [0.4, 0.5) is 5.69 Å². The zero-order valence-electron chi connectivity index (χ0n) is 9.90. The Morgan fingerprint density at radius 2 is 2.33 bits per heavy atom. The normalized spacial score (nSPS) is 10.4. The fourth-order valence-corrected chi connectivity index (χ4v) is 2.29. The lowest BCUT2D eigenvalue weighted by molar-refractivity contribution is 0.102. The first-order chi connectivity index (χ1) is 8.61. The van der Waals surface area contributed by atoms with E-state index in [1.165, 1.54) is 0 Å². The van der Waals surface area contributed by atoms with E-state index >= 15 is 0 Å². The fourth-order valence-electron chi connectivity index (χ4n) is 1.43. The highest BCUT2D eigenvalue weighted by molar-refractivity contribution is 9.10. The minimum absolute atomic E-state index is 0.189. The first-order valence-corrected chi connectivity index (χ1v) is 6.93. The molecule has 0 fully saturated rings. The second-order valence-electron chi connectivity index (χ2n) is 3.69. The van der Waals surface area contributed by atoms with Crippen molar-refractivity contribution in [3.63, 3.8) is 0 Å². The van der Waals surface area contributed by atoms with Gasteiger partial charge in [-0.05, 0) is 52.4 Å². The summed E-state index contributed by atoms with van der Waals surface area (Å²) >= 11 is 4.42. The first-order valence-electron chi connectivity index (χ1n) is 5.36. The number of carbonyl (C=O) groups is 1. The van der Waals surface area contributed by atoms with E-state index < -0.39 is 0 Å². The molecule has 1 N–H and O–H groups in total. The fraction of sp³-hybridized carbons (Fsp3) is 0.273. The van der Waals surface area contributed by atoms with Gasteiger partial charge < -0.3 is 5.32 Å². The molecule has 0 aliphatic heterocycles. The minimum Gasteiger partial charge on any atom is -0.320 e. The molecule has 18 heavy (non-hydrogen) atoms. The van der Waals surface area contributed by atoms with E-state index in [-0.39, 0.29) is 5.91 Å². The zero-order chi connectivity index (χ0) is 13.1. The van der Waals surface area contributed by atoms with Gasteiger partial charge in [-0.1, -0.05) is 11.4 Å². The Balaban J connectivity index is 2.19. The number of hydrogen-bond acceptors (Lipinski definition) is 5. The molecule has 0 spiro atoms. The number of carbonyl (C=O) groups excluding carboxylic acids is 1. The highest BCUT2D eigenvalue weighted by Gasteiger charge is 2.15. The van der Waals surface area contributed by atoms with E-state index in [9.17, 15) is 4.79 Å². The number of halogens is 1. The van der Waals surface area contributed by atoms with Gasteiger partial charge in [-0.3, -0.25) is 4.79 Å². The standard InChI is InChI=1S/C11H11BrN4OS/c1-3-8-9(18-16-15-8)11(17)14-7-4-6(2)10(12)13-5-7/h4-5H,3H2,1-2H3,(H,14,17). The summed E-state index contributed by atoms with van der Waals surface area (Å²) in [5.74, 6) is -0.189. The van der Waals surface area contributed by atoms with Crippen molar-refractivity contribution >= 4 is 39.1 Å². The summed E-state index contributed by atoms with van der Waals surface area (Å²) in [5, 5.41) is 6.71. The van der Waals surface area contributed by atoms with Gasteiger partial charge in [-0.2, -0.15) is 0 Å². The third-order valence-electron chi connectivity index (χ3n) is 2.37. The molecule has 0 aliphatic rings. The van der Waals surface area contributed by atoms with Crippen LogP contribution in [0.3, 0.4) is 0 Å². The highest BCUT2D eigenvalue weighted by Crippen LogP contribution is 2.18. The van der Waals surface area contributed by atoms with E-state index in [1.807, 2.05) is 19.9 Å². The Bertz CT molecular complexity index is 584. The van der Waals surface area contributed by atoms with Gasteiger partial charge in [-0.25, -0.2) is 4.98 Å². The molecular formula is C11H11BrN4OS. The van der Waals surface area contributed by atoms with Crippen molar-refractivity contribution in [2.24, 2.45) is 0 Å². The number of hydrogen-bond donors (Lipinski definition) is 1. The number of anilines is 1. The smallest absolute Gasteiger partial charge is 0.269 e. The second-order valence-corrected chi connectivity index (χ2v) is 5.19. The lowest BCUT2D eigenvalue weighted by Crippen LogP contribution is -2.12. The van der Waals surface area contributed by atoms with Crippen molar-refractivity contribution in [3.8, 4) is 0 Å². The minimum atomic E-state index is -0.189. The average Bonchev–Trinajstić information content (AvgIpc) is 2.82. The maximum atomic E-state index is 12.0. The van der Waals surface area contributed by atoms with Crippen molar-refractivity contribution in [3.05, 3.63) is 33.0 Å². The van der Waals surface area contributed by atoms with Crippen molar-refractivity contribution in [2.75, 3.05) is 5.32 Å². The number of pyridine rings is 1. The molecule has 5 nitrogen and oxygen atoms in total. The second kappa shape index (κ2) is 5.53. The lowest BCUT2D eigenvalue weighted by Gasteiger charge is -2.05. The summed E-state index contributed by atoms with van der Waals surface area (Å²) in [7, 11) is 0. The number of rotatable bonds is 3. The molecule has 0 atom stereocenters. The largest absolute Gasteiger partial charge is 0.320 e. The van der Waals surface area contributed by atoms with E-state index in [1.54, 1.807) is 6.20 Å². The van der Waals surface area contributed by atoms with Crippen LogP contribution in [0.2, 0.25) is 0 Å². The summed E-state index contributed by atoms with van der Waals surface area (Å²) in [6.45, 7) is 3.86. The summed E-state index contributed by atoms with van der Waals surface area (Å²) in [5.41, 5.74) is 2.35. The molecule has 0 aromatic carbocycles. The molecule has 2 heterocycles. The van der Waals surface area contributed by atoms with Gasteiger partial charge in [0.05, 0.1) is 17.6 Å². The maximum absolute atomic E-state index is 12.0. The predicted octanol–water partition coefficient (Wildman–Crippen LogP) is 2.82. The van der Waals surface area contributed by atoms with Gasteiger partial charge >= 0.3 is 0 Å². The SMILES string of the molecule is CCc1nnsc1C(=O)Nc1cnc(Br)c(C)c1. The Kier molecular flexibility index (Phi) is 4.03. The van der Waals surface area contributed by atoms with Crippen LogP contribution >= 0.6 is 27.5 Å². The third-order valence-corrected chi connectivity index (χ3v) is 3.97. The molecule has 0 saturated heterocycles. The van der Waals surface area contributed by atoms with E-state index in [2.05, 4.69) is 35.8 Å². The number of aromatic nitrogens is 3. The Hall–Kier alpha value is -1.34. The maximum Gasteiger partial charge on any atom is 0.269 e. The molecule has 2 aromatic rings. The van der Waals surface area contributed by atoms with Gasteiger partial charge in [0.25, 0.3) is 5.91 Å². The molecule has 7 heteroatoms. The van der Waals surface area contributed by atoms with Gasteiger partial charge in [0.15, 0.2) is 0 Å². The molecule has 94 valence electrons. The number of aryl methyl sites for hydroxylation is 2. The van der Waals surface area contributed by atoms with Gasteiger partial charge in [0, 0.05) is 0 Å². The quantitative estimate of drug-likeness (QED) is 0.880. The van der Waals surface area contributed by atoms with Crippen LogP contribution in [0.1, 0.15) is 27.9 Å². The molecule has 0 bridgehead atoms. The molecule has 0 unspecified atom stereocenters. The molecule has 1 amide bonds. The summed E-state index contributed by atoms with van der Waals surface area (Å²) in [4.78, 5) is 16.7. The van der Waals surface area contributed by atoms with E-state index in [4.69, 9.17) is 0 Å². The molecule has 0 radical (unpaired) electrons. The first kappa shape index (κ1) is 13.1. The van der Waals surface area contributed by atoms with Crippen LogP contribution in [0.25, 0.3) is 0 Å². The highest BCUT2D eigenvalue weighted by atomic mass is 79.9. The predicted molar refractivity (Wildman–Crippen MR) is 73.9 cm³/mol. The summed E-state index contributed by atoms with van der Waals surface area (Å²) in [6, 6.07) is 1.86. The van der Waals surface area contributed by atoms with Gasteiger partial charge in [-0.15, -0.1) is 5.10 Å². The van der Waals surface area contributed by atoms with Crippen molar-refractivity contribution in [1.29, 1.82) is 0 Å². The lowest BCUT2D eigenvalue weighted by atomic mass is 10.2. The monoisotopic (exact) mass is 326 g/mol.